The second kappa shape index (κ2) is 18.2. The van der Waals surface area contributed by atoms with E-state index in [0.717, 1.165) is 16.5 Å². The highest BCUT2D eigenvalue weighted by Crippen LogP contribution is 2.19. The monoisotopic (exact) mass is 644 g/mol. The molecule has 1 heterocycles. The van der Waals surface area contributed by atoms with Gasteiger partial charge in [-0.25, -0.2) is 0 Å². The van der Waals surface area contributed by atoms with Crippen molar-refractivity contribution in [2.45, 2.75) is 90.1 Å². The van der Waals surface area contributed by atoms with Crippen LogP contribution in [-0.2, 0) is 35.2 Å². The fourth-order valence-electron chi connectivity index (χ4n) is 4.55. The van der Waals surface area contributed by atoms with Crippen molar-refractivity contribution in [3.05, 3.63) is 36.0 Å². The normalized spacial score (nSPS) is 15.2. The first-order chi connectivity index (χ1) is 21.3. The molecule has 6 atom stereocenters. The maximum absolute atomic E-state index is 13.6. The number of carbonyl (C=O) groups excluding carboxylic acids is 6. The minimum atomic E-state index is -1.12. The molecule has 8 N–H and O–H groups in total. The minimum Gasteiger partial charge on any atom is -0.361 e. The summed E-state index contributed by atoms with van der Waals surface area (Å²) >= 11 is 1.49. The number of rotatable bonds is 18. The van der Waals surface area contributed by atoms with Crippen LogP contribution in [0.25, 0.3) is 10.9 Å². The number of para-hydroxylation sites is 1. The highest BCUT2D eigenvalue weighted by Gasteiger charge is 2.30. The smallest absolute Gasteiger partial charge is 0.243 e. The molecule has 2 aromatic rings. The largest absolute Gasteiger partial charge is 0.361 e. The third-order valence-electron chi connectivity index (χ3n) is 7.08. The second-order valence-electron chi connectivity index (χ2n) is 11.5. The molecule has 0 aliphatic carbocycles. The van der Waals surface area contributed by atoms with E-state index in [1.165, 1.54) is 32.5 Å². The number of carbonyl (C=O) groups is 5. The molecule has 0 saturated heterocycles. The van der Waals surface area contributed by atoms with Gasteiger partial charge in [0.25, 0.3) is 0 Å². The van der Waals surface area contributed by atoms with Gasteiger partial charge < -0.3 is 37.3 Å². The minimum absolute atomic E-state index is 0.0856. The van der Waals surface area contributed by atoms with Gasteiger partial charge in [-0.3, -0.25) is 28.8 Å². The van der Waals surface area contributed by atoms with Crippen molar-refractivity contribution in [3.63, 3.8) is 0 Å². The lowest BCUT2D eigenvalue weighted by Gasteiger charge is -2.25. The van der Waals surface area contributed by atoms with Crippen LogP contribution in [-0.4, -0.2) is 89.1 Å². The van der Waals surface area contributed by atoms with E-state index in [0.29, 0.717) is 18.6 Å². The number of aromatic nitrogens is 1. The lowest BCUT2D eigenvalue weighted by atomic mass is 10.0. The molecule has 0 aliphatic rings. The first-order valence-corrected chi connectivity index (χ1v) is 16.4. The zero-order chi connectivity index (χ0) is 33.7. The Hall–Kier alpha value is -3.91. The average molecular weight is 645 g/mol. The van der Waals surface area contributed by atoms with Gasteiger partial charge in [0.05, 0.1) is 12.1 Å². The third-order valence-corrected chi connectivity index (χ3v) is 7.72. The van der Waals surface area contributed by atoms with E-state index in [-0.39, 0.29) is 12.3 Å². The number of amides is 5. The van der Waals surface area contributed by atoms with E-state index < -0.39 is 65.8 Å². The molecule has 247 valence electrons. The highest BCUT2D eigenvalue weighted by molar-refractivity contribution is 7.98. The first kappa shape index (κ1) is 37.3. The molecule has 1 aromatic heterocycles. The van der Waals surface area contributed by atoms with Crippen LogP contribution < -0.4 is 32.3 Å². The Kier molecular flexibility index (Phi) is 15.0. The molecule has 1 aromatic carbocycles. The predicted molar refractivity (Wildman–Crippen MR) is 175 cm³/mol. The molecule has 0 spiro atoms. The quantitative estimate of drug-likeness (QED) is 0.121. The van der Waals surface area contributed by atoms with Gasteiger partial charge in [0, 0.05) is 23.5 Å². The van der Waals surface area contributed by atoms with Crippen LogP contribution >= 0.6 is 11.8 Å². The Balaban J connectivity index is 2.19. The lowest BCUT2D eigenvalue weighted by molar-refractivity contribution is -0.134. The Labute approximate surface area is 268 Å². The Bertz CT molecular complexity index is 1330. The zero-order valence-electron chi connectivity index (χ0n) is 26.7. The fraction of sp³-hybridized carbons (Fsp3) is 0.548. The summed E-state index contributed by atoms with van der Waals surface area (Å²) in [5.74, 6) is -2.13. The van der Waals surface area contributed by atoms with Crippen molar-refractivity contribution in [2.24, 2.45) is 11.7 Å². The van der Waals surface area contributed by atoms with Gasteiger partial charge in [-0.2, -0.15) is 11.8 Å². The lowest BCUT2D eigenvalue weighted by Crippen LogP contribution is -2.58. The topological polar surface area (TPSA) is 204 Å². The van der Waals surface area contributed by atoms with Gasteiger partial charge in [0.1, 0.15) is 24.2 Å². The summed E-state index contributed by atoms with van der Waals surface area (Å²) < 4.78 is 0. The van der Waals surface area contributed by atoms with Crippen molar-refractivity contribution in [2.75, 3.05) is 12.0 Å². The summed E-state index contributed by atoms with van der Waals surface area (Å²) in [6, 6.07) is 1.74. The molecular formula is C31H46N7O6S. The van der Waals surface area contributed by atoms with Gasteiger partial charge in [0.2, 0.25) is 35.8 Å². The van der Waals surface area contributed by atoms with Crippen LogP contribution in [0.5, 0.6) is 0 Å². The molecule has 0 aliphatic heterocycles. The molecule has 45 heavy (non-hydrogen) atoms. The van der Waals surface area contributed by atoms with E-state index in [1.807, 2.05) is 44.4 Å². The average Bonchev–Trinajstić information content (AvgIpc) is 3.40. The fourth-order valence-corrected chi connectivity index (χ4v) is 5.02. The van der Waals surface area contributed by atoms with Gasteiger partial charge in [-0.15, -0.1) is 0 Å². The van der Waals surface area contributed by atoms with Gasteiger partial charge >= 0.3 is 0 Å². The molecule has 0 fully saturated rings. The molecule has 2 rings (SSSR count). The summed E-state index contributed by atoms with van der Waals surface area (Å²) in [5, 5.41) is 13.9. The van der Waals surface area contributed by atoms with Crippen LogP contribution in [0, 0.1) is 5.92 Å². The predicted octanol–water partition coefficient (Wildman–Crippen LogP) is 0.430. The molecule has 1 radical (unpaired) electrons. The summed E-state index contributed by atoms with van der Waals surface area (Å²) in [6.45, 7) is 8.29. The second-order valence-corrected chi connectivity index (χ2v) is 12.5. The van der Waals surface area contributed by atoms with Crippen molar-refractivity contribution in [3.8, 4) is 0 Å². The molecular weight excluding hydrogens is 598 g/mol. The zero-order valence-corrected chi connectivity index (χ0v) is 27.5. The number of fused-ring (bicyclic) bond motifs is 1. The Morgan fingerprint density at radius 1 is 0.822 bits per heavy atom. The maximum Gasteiger partial charge on any atom is 0.243 e. The summed E-state index contributed by atoms with van der Waals surface area (Å²) in [7, 11) is 0. The van der Waals surface area contributed by atoms with E-state index in [4.69, 9.17) is 5.73 Å². The van der Waals surface area contributed by atoms with Crippen LogP contribution in [0.4, 0.5) is 0 Å². The molecule has 14 heteroatoms. The van der Waals surface area contributed by atoms with E-state index in [1.54, 1.807) is 12.5 Å². The highest BCUT2D eigenvalue weighted by atomic mass is 32.2. The van der Waals surface area contributed by atoms with Gasteiger partial charge in [-0.05, 0) is 63.2 Å². The summed E-state index contributed by atoms with van der Waals surface area (Å²) in [4.78, 5) is 79.0. The Morgan fingerprint density at radius 3 is 2.00 bits per heavy atom. The maximum atomic E-state index is 13.6. The number of nitrogens with one attached hydrogen (secondary N) is 6. The number of aromatic amines is 1. The van der Waals surface area contributed by atoms with Crippen molar-refractivity contribution < 1.29 is 28.8 Å². The molecule has 13 nitrogen and oxygen atoms in total. The van der Waals surface area contributed by atoms with Crippen LogP contribution in [0.2, 0.25) is 0 Å². The van der Waals surface area contributed by atoms with E-state index in [9.17, 15) is 28.8 Å². The van der Waals surface area contributed by atoms with Crippen LogP contribution in [0.15, 0.2) is 30.5 Å². The third kappa shape index (κ3) is 11.8. The van der Waals surface area contributed by atoms with Gasteiger partial charge in [-0.1, -0.05) is 32.0 Å². The van der Waals surface area contributed by atoms with Gasteiger partial charge in [0.15, 0.2) is 0 Å². The van der Waals surface area contributed by atoms with Crippen LogP contribution in [0.1, 0.15) is 53.0 Å². The molecule has 0 saturated carbocycles. The van der Waals surface area contributed by atoms with Crippen molar-refractivity contribution in [1.82, 2.24) is 31.6 Å². The Morgan fingerprint density at radius 2 is 1.40 bits per heavy atom. The number of benzene rings is 1. The molecule has 5 amide bonds. The summed E-state index contributed by atoms with van der Waals surface area (Å²) in [6.07, 6.45) is 6.11. The number of thioether (sulfide) groups is 1. The molecule has 0 unspecified atom stereocenters. The number of hydrogen-bond acceptors (Lipinski definition) is 8. The van der Waals surface area contributed by atoms with Crippen molar-refractivity contribution >= 4 is 58.5 Å². The summed E-state index contributed by atoms with van der Waals surface area (Å²) in [5.41, 5.74) is 7.57. The molecule has 0 bridgehead atoms. The van der Waals surface area contributed by atoms with E-state index in [2.05, 4.69) is 31.6 Å². The SMILES string of the molecule is CSCC[C@H](NC(=O)[C@H](C)NC(=O)[C@H](Cc1c[nH]c2ccccc12)NC(=O)[C@H](C)NC(=O)[C@@H](N)CC(C)C)C(=O)N[C@@H](C)[C]=O. The standard InChI is InChI=1S/C31H46N7O6S/c1-17(2)13-23(32)29(42)35-19(4)28(41)38-26(14-21-15-33-24-10-8-7-9-22(21)24)31(44)36-20(5)27(40)37-25(11-12-45-6)30(43)34-18(3)16-39/h7-10,15,17-20,23,25-26,33H,11-14,32H2,1-6H3,(H,34,43)(H,35,42)(H,36,44)(H,37,40)(H,38,41)/t18-,19-,20-,23-,25-,26-/m0/s1. The number of H-pyrrole nitrogens is 1. The van der Waals surface area contributed by atoms with E-state index >= 15 is 0 Å². The van der Waals surface area contributed by atoms with Crippen LogP contribution in [0.3, 0.4) is 0 Å². The number of hydrogen-bond donors (Lipinski definition) is 7. The first-order valence-electron chi connectivity index (χ1n) is 15.0. The van der Waals surface area contributed by atoms with Crippen molar-refractivity contribution in [1.29, 1.82) is 0 Å². The number of nitrogens with two attached hydrogens (primary N) is 1.